The largest absolute Gasteiger partial charge is 0.356 e. The van der Waals surface area contributed by atoms with Gasteiger partial charge in [-0.15, -0.1) is 12.4 Å². The van der Waals surface area contributed by atoms with E-state index in [1.807, 2.05) is 7.05 Å². The summed E-state index contributed by atoms with van der Waals surface area (Å²) in [7, 11) is -1.66. The van der Waals surface area contributed by atoms with Gasteiger partial charge in [0.1, 0.15) is 10.6 Å². The fraction of sp³-hybridized carbons (Fsp3) is 0.688. The summed E-state index contributed by atoms with van der Waals surface area (Å²) in [6.45, 7) is 3.39. The number of carbonyl (C=O) groups is 1. The number of hydrogen-bond acceptors (Lipinski definition) is 4. The molecule has 1 atom stereocenters. The third-order valence-electron chi connectivity index (χ3n) is 4.89. The number of nitrogens with one attached hydrogen (secondary N) is 2. The molecule has 1 aromatic rings. The van der Waals surface area contributed by atoms with Crippen molar-refractivity contribution in [3.63, 3.8) is 0 Å². The van der Waals surface area contributed by atoms with Gasteiger partial charge in [-0.1, -0.05) is 0 Å². The number of H-pyrrole nitrogens is 1. The Morgan fingerprint density at radius 1 is 1.28 bits per heavy atom. The third kappa shape index (κ3) is 4.36. The summed E-state index contributed by atoms with van der Waals surface area (Å²) in [6, 6.07) is 1.48. The van der Waals surface area contributed by atoms with Crippen molar-refractivity contribution in [2.75, 3.05) is 39.8 Å². The number of amides is 1. The molecule has 2 fully saturated rings. The normalized spacial score (nSPS) is 22.0. The van der Waals surface area contributed by atoms with Crippen LogP contribution in [-0.2, 0) is 10.0 Å². The van der Waals surface area contributed by atoms with E-state index in [-0.39, 0.29) is 23.2 Å². The van der Waals surface area contributed by atoms with Gasteiger partial charge in [0, 0.05) is 32.4 Å². The number of aromatic amines is 1. The van der Waals surface area contributed by atoms with E-state index < -0.39 is 10.0 Å². The van der Waals surface area contributed by atoms with Crippen LogP contribution in [0.3, 0.4) is 0 Å². The predicted octanol–water partition coefficient (Wildman–Crippen LogP) is 1.29. The van der Waals surface area contributed by atoms with Gasteiger partial charge in [0.05, 0.1) is 0 Å². The molecule has 25 heavy (non-hydrogen) atoms. The van der Waals surface area contributed by atoms with Crippen LogP contribution in [0.1, 0.15) is 36.2 Å². The minimum Gasteiger partial charge on any atom is -0.356 e. The predicted molar refractivity (Wildman–Crippen MR) is 98.6 cm³/mol. The zero-order valence-corrected chi connectivity index (χ0v) is 16.2. The van der Waals surface area contributed by atoms with Gasteiger partial charge in [-0.05, 0) is 51.3 Å². The first-order valence-electron chi connectivity index (χ1n) is 8.65. The molecule has 0 bridgehead atoms. The highest BCUT2D eigenvalue weighted by atomic mass is 35.5. The quantitative estimate of drug-likeness (QED) is 0.793. The lowest BCUT2D eigenvalue weighted by Gasteiger charge is -2.31. The number of piperidine rings is 1. The van der Waals surface area contributed by atoms with Crippen LogP contribution in [0.2, 0.25) is 0 Å². The molecule has 0 spiro atoms. The van der Waals surface area contributed by atoms with Crippen molar-refractivity contribution >= 4 is 28.3 Å². The Hall–Kier alpha value is -1.09. The number of aromatic nitrogens is 1. The lowest BCUT2D eigenvalue weighted by molar-refractivity contribution is 0.0787. The Labute approximate surface area is 155 Å². The van der Waals surface area contributed by atoms with Crippen molar-refractivity contribution in [2.24, 2.45) is 5.92 Å². The van der Waals surface area contributed by atoms with Gasteiger partial charge >= 0.3 is 0 Å². The Bertz CT molecular complexity index is 683. The third-order valence-corrected chi connectivity index (χ3v) is 6.74. The molecule has 3 rings (SSSR count). The molecule has 0 aliphatic carbocycles. The number of carbonyl (C=O) groups excluding carboxylic acids is 1. The molecule has 2 aliphatic heterocycles. The maximum atomic E-state index is 12.9. The molecule has 142 valence electrons. The summed E-state index contributed by atoms with van der Waals surface area (Å²) in [6.07, 6.45) is 5.38. The SMILES string of the molecule is CNCC1CCCN(S(=O)(=O)c2c[nH]c(C(=O)N3CCCC3)c2)C1.Cl. The lowest BCUT2D eigenvalue weighted by atomic mass is 10.00. The molecule has 2 saturated heterocycles. The van der Waals surface area contributed by atoms with Gasteiger partial charge in [0.2, 0.25) is 10.0 Å². The zero-order chi connectivity index (χ0) is 17.2. The lowest BCUT2D eigenvalue weighted by Crippen LogP contribution is -2.42. The second kappa shape index (κ2) is 8.53. The summed E-state index contributed by atoms with van der Waals surface area (Å²) in [5.41, 5.74) is 0.360. The fourth-order valence-electron chi connectivity index (χ4n) is 3.59. The maximum Gasteiger partial charge on any atom is 0.270 e. The number of sulfonamides is 1. The van der Waals surface area contributed by atoms with Crippen molar-refractivity contribution in [1.29, 1.82) is 0 Å². The molecule has 0 radical (unpaired) electrons. The summed E-state index contributed by atoms with van der Waals surface area (Å²) in [4.78, 5) is 17.2. The van der Waals surface area contributed by atoms with Crippen LogP contribution < -0.4 is 5.32 Å². The summed E-state index contributed by atoms with van der Waals surface area (Å²) < 4.78 is 27.3. The minimum absolute atomic E-state index is 0. The molecule has 1 unspecified atom stereocenters. The van der Waals surface area contributed by atoms with Crippen LogP contribution in [0, 0.1) is 5.92 Å². The van der Waals surface area contributed by atoms with Gasteiger partial charge in [-0.25, -0.2) is 8.42 Å². The molecule has 9 heteroatoms. The topological polar surface area (TPSA) is 85.5 Å². The number of nitrogens with zero attached hydrogens (tertiary/aromatic N) is 2. The number of likely N-dealkylation sites (tertiary alicyclic amines) is 1. The van der Waals surface area contributed by atoms with E-state index in [2.05, 4.69) is 10.3 Å². The van der Waals surface area contributed by atoms with E-state index >= 15 is 0 Å². The van der Waals surface area contributed by atoms with Gasteiger partial charge in [-0.2, -0.15) is 4.31 Å². The van der Waals surface area contributed by atoms with E-state index in [1.54, 1.807) is 9.21 Å². The van der Waals surface area contributed by atoms with Crippen molar-refractivity contribution in [3.8, 4) is 0 Å². The average Bonchev–Trinajstić information content (AvgIpc) is 3.27. The summed E-state index contributed by atoms with van der Waals surface area (Å²) >= 11 is 0. The smallest absolute Gasteiger partial charge is 0.270 e. The number of halogens is 1. The second-order valence-corrected chi connectivity index (χ2v) is 8.62. The van der Waals surface area contributed by atoms with Crippen LogP contribution in [-0.4, -0.2) is 68.3 Å². The van der Waals surface area contributed by atoms with E-state index in [0.29, 0.717) is 24.7 Å². The first kappa shape index (κ1) is 20.2. The highest BCUT2D eigenvalue weighted by Crippen LogP contribution is 2.24. The van der Waals surface area contributed by atoms with Gasteiger partial charge < -0.3 is 15.2 Å². The van der Waals surface area contributed by atoms with E-state index in [4.69, 9.17) is 0 Å². The summed E-state index contributed by atoms with van der Waals surface area (Å²) in [5.74, 6) is 0.226. The molecule has 2 aliphatic rings. The molecule has 2 N–H and O–H groups in total. The van der Waals surface area contributed by atoms with E-state index in [1.165, 1.54) is 12.3 Å². The van der Waals surface area contributed by atoms with Crippen LogP contribution in [0.25, 0.3) is 0 Å². The standard InChI is InChI=1S/C16H26N4O3S.ClH/c1-17-10-13-5-4-8-20(12-13)24(22,23)14-9-15(18-11-14)16(21)19-6-2-3-7-19;/h9,11,13,17-18H,2-8,10,12H2,1H3;1H. The van der Waals surface area contributed by atoms with E-state index in [0.717, 1.165) is 45.3 Å². The van der Waals surface area contributed by atoms with Crippen LogP contribution in [0.4, 0.5) is 0 Å². The van der Waals surface area contributed by atoms with Crippen LogP contribution >= 0.6 is 12.4 Å². The molecular formula is C16H27ClN4O3S. The first-order chi connectivity index (χ1) is 11.5. The van der Waals surface area contributed by atoms with Crippen LogP contribution in [0.15, 0.2) is 17.2 Å². The minimum atomic E-state index is -3.55. The molecule has 0 aromatic carbocycles. The molecule has 3 heterocycles. The molecule has 1 aromatic heterocycles. The van der Waals surface area contributed by atoms with Crippen molar-refractivity contribution in [1.82, 2.24) is 19.5 Å². The summed E-state index contributed by atoms with van der Waals surface area (Å²) in [5, 5.41) is 3.12. The molecule has 7 nitrogen and oxygen atoms in total. The highest BCUT2D eigenvalue weighted by Gasteiger charge is 2.31. The first-order valence-corrected chi connectivity index (χ1v) is 10.1. The Morgan fingerprint density at radius 2 is 2.00 bits per heavy atom. The van der Waals surface area contributed by atoms with Gasteiger partial charge in [0.15, 0.2) is 0 Å². The zero-order valence-electron chi connectivity index (χ0n) is 14.5. The Balaban J connectivity index is 0.00000225. The Morgan fingerprint density at radius 3 is 2.68 bits per heavy atom. The number of hydrogen-bond donors (Lipinski definition) is 2. The van der Waals surface area contributed by atoms with Crippen LogP contribution in [0.5, 0.6) is 0 Å². The molecular weight excluding hydrogens is 364 g/mol. The van der Waals surface area contributed by atoms with Gasteiger partial charge in [0.25, 0.3) is 5.91 Å². The van der Waals surface area contributed by atoms with E-state index in [9.17, 15) is 13.2 Å². The van der Waals surface area contributed by atoms with Crippen molar-refractivity contribution in [3.05, 3.63) is 18.0 Å². The monoisotopic (exact) mass is 390 g/mol. The molecule has 1 amide bonds. The van der Waals surface area contributed by atoms with Gasteiger partial charge in [-0.3, -0.25) is 4.79 Å². The van der Waals surface area contributed by atoms with Crippen molar-refractivity contribution < 1.29 is 13.2 Å². The maximum absolute atomic E-state index is 12.9. The highest BCUT2D eigenvalue weighted by molar-refractivity contribution is 7.89. The molecule has 0 saturated carbocycles. The number of rotatable bonds is 5. The van der Waals surface area contributed by atoms with Crippen molar-refractivity contribution in [2.45, 2.75) is 30.6 Å². The average molecular weight is 391 g/mol. The second-order valence-electron chi connectivity index (χ2n) is 6.68. The fourth-order valence-corrected chi connectivity index (χ4v) is 5.14. The Kier molecular flexibility index (Phi) is 6.90.